The molecule has 7 N–H and O–H groups in total. The van der Waals surface area contributed by atoms with Crippen molar-refractivity contribution >= 4 is 23.9 Å². The largest absolute Gasteiger partial charge is 0.481 e. The van der Waals surface area contributed by atoms with E-state index in [4.69, 9.17) is 38.6 Å². The van der Waals surface area contributed by atoms with Crippen LogP contribution in [0.4, 0.5) is 0 Å². The van der Waals surface area contributed by atoms with Gasteiger partial charge in [0.2, 0.25) is 0 Å². The number of ether oxygens (including phenoxy) is 6. The van der Waals surface area contributed by atoms with Crippen molar-refractivity contribution in [1.82, 2.24) is 0 Å². The number of rotatable bonds is 13. The molecular formula is C21H32O17. The molecule has 2 rings (SSSR count). The summed E-state index contributed by atoms with van der Waals surface area (Å²) in [5.74, 6) is -4.32. The number of aliphatic hydroxyl groups is 5. The third-order valence-electron chi connectivity index (χ3n) is 5.74. The highest BCUT2D eigenvalue weighted by Gasteiger charge is 2.51. The Morgan fingerprint density at radius 2 is 1.11 bits per heavy atom. The van der Waals surface area contributed by atoms with E-state index in [1.165, 1.54) is 0 Å². The lowest BCUT2D eigenvalue weighted by molar-refractivity contribution is -0.357. The minimum atomic E-state index is -1.91. The van der Waals surface area contributed by atoms with Crippen LogP contribution in [0, 0.1) is 0 Å². The van der Waals surface area contributed by atoms with Crippen LogP contribution in [0.25, 0.3) is 0 Å². The van der Waals surface area contributed by atoms with Crippen molar-refractivity contribution < 1.29 is 83.3 Å². The van der Waals surface area contributed by atoms with Crippen LogP contribution in [0.3, 0.4) is 0 Å². The van der Waals surface area contributed by atoms with Crippen LogP contribution >= 0.6 is 0 Å². The Hall–Kier alpha value is -2.48. The Labute approximate surface area is 215 Å². The number of hydrogen-bond donors (Lipinski definition) is 7. The fourth-order valence-electron chi connectivity index (χ4n) is 3.64. The SMILES string of the molecule is CO[C@@H]1O[C@H](COC(=O)CCC(=O)O)[C@@H](O[C@H]2O[C@H](COC(=O)CCC(=O)O)[C@@H](O)[C@H](O)[C@H]2O)[C@H](O)[C@H]1O. The number of aliphatic hydroxyl groups excluding tert-OH is 5. The maximum atomic E-state index is 11.8. The fraction of sp³-hybridized carbons (Fsp3) is 0.810. The summed E-state index contributed by atoms with van der Waals surface area (Å²) in [6.07, 6.45) is -18.5. The molecule has 0 aromatic heterocycles. The maximum absolute atomic E-state index is 11.8. The fourth-order valence-corrected chi connectivity index (χ4v) is 3.64. The highest BCUT2D eigenvalue weighted by molar-refractivity contribution is 5.77. The molecule has 0 spiro atoms. The first-order valence-electron chi connectivity index (χ1n) is 11.5. The van der Waals surface area contributed by atoms with Gasteiger partial charge in [0, 0.05) is 7.11 Å². The van der Waals surface area contributed by atoms with E-state index in [-0.39, 0.29) is 0 Å². The Bertz CT molecular complexity index is 820. The Balaban J connectivity index is 2.10. The van der Waals surface area contributed by atoms with Crippen LogP contribution in [0.1, 0.15) is 25.7 Å². The predicted octanol–water partition coefficient (Wildman–Crippen LogP) is -3.91. The molecule has 10 atom stereocenters. The summed E-state index contributed by atoms with van der Waals surface area (Å²) in [7, 11) is 1.16. The standard InChI is InChI=1S/C21H32O17/c1-33-20-18(32)16(30)19(9(37-20)7-35-13(27)5-3-11(24)25)38-21-17(31)15(29)14(28)8(36-21)6-34-12(26)4-2-10(22)23/h8-9,14-21,28-32H,2-7H2,1H3,(H,22,23)(H,24,25)/t8-,9-,14-,15+,16-,17-,18-,19-,20-,21-/m1/s1. The van der Waals surface area contributed by atoms with Crippen LogP contribution < -0.4 is 0 Å². The molecule has 2 saturated heterocycles. The summed E-state index contributed by atoms with van der Waals surface area (Å²) < 4.78 is 31.2. The summed E-state index contributed by atoms with van der Waals surface area (Å²) in [6.45, 7) is -1.27. The number of aliphatic carboxylic acids is 2. The van der Waals surface area contributed by atoms with Gasteiger partial charge in [0.1, 0.15) is 62.0 Å². The summed E-state index contributed by atoms with van der Waals surface area (Å²) in [5.41, 5.74) is 0. The van der Waals surface area contributed by atoms with Crippen LogP contribution in [0.5, 0.6) is 0 Å². The second-order valence-corrected chi connectivity index (χ2v) is 8.53. The van der Waals surface area contributed by atoms with E-state index in [1.807, 2.05) is 0 Å². The highest BCUT2D eigenvalue weighted by Crippen LogP contribution is 2.30. The topological polar surface area (TPSA) is 265 Å². The quantitative estimate of drug-likeness (QED) is 0.107. The van der Waals surface area contributed by atoms with E-state index in [0.717, 1.165) is 7.11 Å². The van der Waals surface area contributed by atoms with Crippen molar-refractivity contribution in [3.8, 4) is 0 Å². The van der Waals surface area contributed by atoms with E-state index < -0.39 is 124 Å². The molecule has 0 saturated carbocycles. The highest BCUT2D eigenvalue weighted by atomic mass is 16.7. The van der Waals surface area contributed by atoms with Crippen molar-refractivity contribution in [1.29, 1.82) is 0 Å². The molecule has 0 aliphatic carbocycles. The molecule has 2 fully saturated rings. The minimum Gasteiger partial charge on any atom is -0.481 e. The van der Waals surface area contributed by atoms with Crippen molar-refractivity contribution in [2.45, 2.75) is 87.1 Å². The molecule has 17 heteroatoms. The number of methoxy groups -OCH3 is 1. The first-order chi connectivity index (χ1) is 17.8. The molecular weight excluding hydrogens is 524 g/mol. The molecule has 17 nitrogen and oxygen atoms in total. The number of carboxylic acids is 2. The first kappa shape index (κ1) is 31.7. The van der Waals surface area contributed by atoms with Gasteiger partial charge in [0.25, 0.3) is 0 Å². The molecule has 2 aliphatic rings. The lowest BCUT2D eigenvalue weighted by Gasteiger charge is -2.46. The van der Waals surface area contributed by atoms with Gasteiger partial charge in [-0.3, -0.25) is 19.2 Å². The van der Waals surface area contributed by atoms with Gasteiger partial charge in [-0.15, -0.1) is 0 Å². The zero-order valence-corrected chi connectivity index (χ0v) is 20.2. The second-order valence-electron chi connectivity index (χ2n) is 8.53. The average molecular weight is 556 g/mol. The Morgan fingerprint density at radius 1 is 0.632 bits per heavy atom. The average Bonchev–Trinajstić information content (AvgIpc) is 2.87. The molecule has 0 radical (unpaired) electrons. The van der Waals surface area contributed by atoms with Crippen LogP contribution in [0.2, 0.25) is 0 Å². The van der Waals surface area contributed by atoms with Gasteiger partial charge in [-0.2, -0.15) is 0 Å². The number of hydrogen-bond acceptors (Lipinski definition) is 15. The van der Waals surface area contributed by atoms with E-state index in [2.05, 4.69) is 0 Å². The normalized spacial score (nSPS) is 35.3. The van der Waals surface area contributed by atoms with Gasteiger partial charge in [-0.05, 0) is 0 Å². The summed E-state index contributed by atoms with van der Waals surface area (Å²) >= 11 is 0. The van der Waals surface area contributed by atoms with Gasteiger partial charge >= 0.3 is 23.9 Å². The molecule has 0 aromatic rings. The van der Waals surface area contributed by atoms with Crippen molar-refractivity contribution in [3.63, 3.8) is 0 Å². The van der Waals surface area contributed by atoms with E-state index in [1.54, 1.807) is 0 Å². The van der Waals surface area contributed by atoms with Crippen molar-refractivity contribution in [2.24, 2.45) is 0 Å². The van der Waals surface area contributed by atoms with E-state index in [9.17, 15) is 44.7 Å². The van der Waals surface area contributed by atoms with Gasteiger partial charge in [-0.25, -0.2) is 0 Å². The van der Waals surface area contributed by atoms with Crippen molar-refractivity contribution in [2.75, 3.05) is 20.3 Å². The molecule has 2 heterocycles. The first-order valence-corrected chi connectivity index (χ1v) is 11.5. The molecule has 0 aromatic carbocycles. The number of carboxylic acid groups (broad SMARTS) is 2. The molecule has 218 valence electrons. The lowest BCUT2D eigenvalue weighted by Crippen LogP contribution is -2.64. The predicted molar refractivity (Wildman–Crippen MR) is 115 cm³/mol. The summed E-state index contributed by atoms with van der Waals surface area (Å²) in [6, 6.07) is 0. The zero-order chi connectivity index (χ0) is 28.6. The van der Waals surface area contributed by atoms with Crippen LogP contribution in [-0.2, 0) is 47.6 Å². The molecule has 0 bridgehead atoms. The van der Waals surface area contributed by atoms with Gasteiger partial charge in [0.05, 0.1) is 25.7 Å². The minimum absolute atomic E-state index is 0.464. The van der Waals surface area contributed by atoms with Gasteiger partial charge in [0.15, 0.2) is 12.6 Å². The third-order valence-corrected chi connectivity index (χ3v) is 5.74. The third kappa shape index (κ3) is 8.79. The van der Waals surface area contributed by atoms with Gasteiger partial charge in [-0.1, -0.05) is 0 Å². The monoisotopic (exact) mass is 556 g/mol. The lowest BCUT2D eigenvalue weighted by atomic mass is 9.97. The molecule has 0 amide bonds. The maximum Gasteiger partial charge on any atom is 0.306 e. The summed E-state index contributed by atoms with van der Waals surface area (Å²) in [4.78, 5) is 44.8. The smallest absolute Gasteiger partial charge is 0.306 e. The molecule has 38 heavy (non-hydrogen) atoms. The van der Waals surface area contributed by atoms with Gasteiger partial charge < -0.3 is 64.2 Å². The second kappa shape index (κ2) is 14.6. The van der Waals surface area contributed by atoms with Crippen molar-refractivity contribution in [3.05, 3.63) is 0 Å². The van der Waals surface area contributed by atoms with Crippen LogP contribution in [-0.4, -0.2) is 141 Å². The Morgan fingerprint density at radius 3 is 1.61 bits per heavy atom. The number of carbonyl (C=O) groups excluding carboxylic acids is 2. The van der Waals surface area contributed by atoms with Crippen LogP contribution in [0.15, 0.2) is 0 Å². The molecule has 2 aliphatic heterocycles. The zero-order valence-electron chi connectivity index (χ0n) is 20.2. The summed E-state index contributed by atoms with van der Waals surface area (Å²) in [5, 5.41) is 69.0. The Kier molecular flexibility index (Phi) is 12.2. The molecule has 0 unspecified atom stereocenters. The number of esters is 2. The van der Waals surface area contributed by atoms with E-state index in [0.29, 0.717) is 0 Å². The number of carbonyl (C=O) groups is 4. The van der Waals surface area contributed by atoms with E-state index >= 15 is 0 Å².